The minimum absolute atomic E-state index is 0.0130. The Balaban J connectivity index is 2.70. The van der Waals surface area contributed by atoms with Gasteiger partial charge in [-0.3, -0.25) is 9.78 Å². The molecule has 0 unspecified atom stereocenters. The lowest BCUT2D eigenvalue weighted by Crippen LogP contribution is -2.18. The van der Waals surface area contributed by atoms with Crippen molar-refractivity contribution in [1.29, 1.82) is 0 Å². The van der Waals surface area contributed by atoms with Crippen LogP contribution in [-0.4, -0.2) is 9.55 Å². The summed E-state index contributed by atoms with van der Waals surface area (Å²) in [6.45, 7) is 2.91. The number of hydrogen-bond acceptors (Lipinski definition) is 2. The second kappa shape index (κ2) is 3.91. The second-order valence-corrected chi connectivity index (χ2v) is 2.46. The van der Waals surface area contributed by atoms with Gasteiger partial charge in [0.05, 0.1) is 6.20 Å². The lowest BCUT2D eigenvalue weighted by molar-refractivity contribution is 0.609. The molecule has 1 aromatic rings. The summed E-state index contributed by atoms with van der Waals surface area (Å²) in [4.78, 5) is 14.7. The predicted octanol–water partition coefficient (Wildman–Crippen LogP) is 1.04. The molecule has 0 bridgehead atoms. The summed E-state index contributed by atoms with van der Waals surface area (Å²) < 4.78 is 1.68. The SMILES string of the molecule is CCCCn1ccncc1=O. The van der Waals surface area contributed by atoms with E-state index >= 15 is 0 Å². The van der Waals surface area contributed by atoms with Crippen LogP contribution in [-0.2, 0) is 6.54 Å². The molecule has 0 radical (unpaired) electrons. The van der Waals surface area contributed by atoms with E-state index in [0.717, 1.165) is 19.4 Å². The molecule has 0 aliphatic carbocycles. The summed E-state index contributed by atoms with van der Waals surface area (Å²) in [5, 5.41) is 0. The van der Waals surface area contributed by atoms with Crippen molar-refractivity contribution in [3.05, 3.63) is 28.9 Å². The van der Waals surface area contributed by atoms with Crippen molar-refractivity contribution < 1.29 is 0 Å². The van der Waals surface area contributed by atoms with Crippen LogP contribution in [0.3, 0.4) is 0 Å². The molecule has 1 heterocycles. The molecule has 0 N–H and O–H groups in total. The van der Waals surface area contributed by atoms with Gasteiger partial charge in [0.2, 0.25) is 0 Å². The van der Waals surface area contributed by atoms with E-state index in [1.54, 1.807) is 17.0 Å². The van der Waals surface area contributed by atoms with E-state index < -0.39 is 0 Å². The first-order chi connectivity index (χ1) is 5.34. The number of unbranched alkanes of at least 4 members (excludes halogenated alkanes) is 1. The number of rotatable bonds is 3. The van der Waals surface area contributed by atoms with Gasteiger partial charge < -0.3 is 4.57 Å². The van der Waals surface area contributed by atoms with Crippen molar-refractivity contribution >= 4 is 0 Å². The van der Waals surface area contributed by atoms with Gasteiger partial charge in [-0.1, -0.05) is 13.3 Å². The standard InChI is InChI=1S/C8H12N2O/c1-2-3-5-10-6-4-9-7-8(10)11/h4,6-7H,2-3,5H2,1H3. The van der Waals surface area contributed by atoms with Crippen molar-refractivity contribution in [3.63, 3.8) is 0 Å². The highest BCUT2D eigenvalue weighted by molar-refractivity contribution is 4.79. The zero-order chi connectivity index (χ0) is 8.10. The van der Waals surface area contributed by atoms with Crippen LogP contribution >= 0.6 is 0 Å². The van der Waals surface area contributed by atoms with E-state index in [1.807, 2.05) is 0 Å². The molecular weight excluding hydrogens is 140 g/mol. The van der Waals surface area contributed by atoms with E-state index in [-0.39, 0.29) is 5.56 Å². The summed E-state index contributed by atoms with van der Waals surface area (Å²) in [7, 11) is 0. The summed E-state index contributed by atoms with van der Waals surface area (Å²) in [6.07, 6.45) is 6.85. The van der Waals surface area contributed by atoms with Crippen LogP contribution in [0.1, 0.15) is 19.8 Å². The van der Waals surface area contributed by atoms with Crippen molar-refractivity contribution in [1.82, 2.24) is 9.55 Å². The molecule has 60 valence electrons. The third-order valence-electron chi connectivity index (χ3n) is 1.55. The molecule has 0 saturated carbocycles. The molecule has 3 nitrogen and oxygen atoms in total. The fourth-order valence-electron chi connectivity index (χ4n) is 0.887. The van der Waals surface area contributed by atoms with Gasteiger partial charge in [-0.05, 0) is 6.42 Å². The van der Waals surface area contributed by atoms with E-state index in [2.05, 4.69) is 11.9 Å². The Hall–Kier alpha value is -1.12. The normalized spacial score (nSPS) is 9.91. The van der Waals surface area contributed by atoms with E-state index in [4.69, 9.17) is 0 Å². The molecule has 0 spiro atoms. The Kier molecular flexibility index (Phi) is 2.83. The average molecular weight is 152 g/mol. The van der Waals surface area contributed by atoms with E-state index in [9.17, 15) is 4.79 Å². The summed E-state index contributed by atoms with van der Waals surface area (Å²) in [5.41, 5.74) is -0.0130. The lowest BCUT2D eigenvalue weighted by Gasteiger charge is -2.00. The minimum atomic E-state index is -0.0130. The Morgan fingerprint density at radius 3 is 3.09 bits per heavy atom. The zero-order valence-electron chi connectivity index (χ0n) is 6.66. The highest BCUT2D eigenvalue weighted by Gasteiger charge is 1.91. The molecule has 0 aliphatic heterocycles. The van der Waals surface area contributed by atoms with Crippen molar-refractivity contribution in [3.8, 4) is 0 Å². The Bertz CT molecular complexity index is 267. The molecule has 1 rings (SSSR count). The first-order valence-corrected chi connectivity index (χ1v) is 3.85. The van der Waals surface area contributed by atoms with E-state index in [0.29, 0.717) is 0 Å². The minimum Gasteiger partial charge on any atom is -0.313 e. The average Bonchev–Trinajstić information content (AvgIpc) is 2.03. The summed E-state index contributed by atoms with van der Waals surface area (Å²) >= 11 is 0. The number of hydrogen-bond donors (Lipinski definition) is 0. The second-order valence-electron chi connectivity index (χ2n) is 2.46. The van der Waals surface area contributed by atoms with Crippen LogP contribution in [0.2, 0.25) is 0 Å². The van der Waals surface area contributed by atoms with Crippen LogP contribution < -0.4 is 5.56 Å². The zero-order valence-corrected chi connectivity index (χ0v) is 6.66. The number of aromatic nitrogens is 2. The molecule has 3 heteroatoms. The van der Waals surface area contributed by atoms with Gasteiger partial charge >= 0.3 is 0 Å². The Morgan fingerprint density at radius 2 is 2.45 bits per heavy atom. The monoisotopic (exact) mass is 152 g/mol. The maximum absolute atomic E-state index is 11.0. The Morgan fingerprint density at radius 1 is 1.64 bits per heavy atom. The third kappa shape index (κ3) is 2.18. The molecule has 0 fully saturated rings. The third-order valence-corrected chi connectivity index (χ3v) is 1.55. The highest BCUT2D eigenvalue weighted by atomic mass is 16.1. The van der Waals surface area contributed by atoms with Gasteiger partial charge in [0, 0.05) is 18.9 Å². The maximum Gasteiger partial charge on any atom is 0.268 e. The number of aryl methyl sites for hydroxylation is 1. The van der Waals surface area contributed by atoms with Gasteiger partial charge in [0.15, 0.2) is 0 Å². The fraction of sp³-hybridized carbons (Fsp3) is 0.500. The van der Waals surface area contributed by atoms with Crippen LogP contribution in [0.25, 0.3) is 0 Å². The van der Waals surface area contributed by atoms with Crippen molar-refractivity contribution in [2.45, 2.75) is 26.3 Å². The smallest absolute Gasteiger partial charge is 0.268 e. The van der Waals surface area contributed by atoms with Gasteiger partial charge in [-0.2, -0.15) is 0 Å². The number of nitrogens with zero attached hydrogens (tertiary/aromatic N) is 2. The van der Waals surface area contributed by atoms with Crippen molar-refractivity contribution in [2.24, 2.45) is 0 Å². The molecule has 0 aliphatic rings. The highest BCUT2D eigenvalue weighted by Crippen LogP contribution is 1.89. The summed E-state index contributed by atoms with van der Waals surface area (Å²) in [5.74, 6) is 0. The topological polar surface area (TPSA) is 34.9 Å². The fourth-order valence-corrected chi connectivity index (χ4v) is 0.887. The van der Waals surface area contributed by atoms with Crippen LogP contribution in [0.15, 0.2) is 23.4 Å². The first-order valence-electron chi connectivity index (χ1n) is 3.85. The molecule has 11 heavy (non-hydrogen) atoms. The molecular formula is C8H12N2O. The van der Waals surface area contributed by atoms with Crippen LogP contribution in [0, 0.1) is 0 Å². The van der Waals surface area contributed by atoms with E-state index in [1.165, 1.54) is 6.20 Å². The summed E-state index contributed by atoms with van der Waals surface area (Å²) in [6, 6.07) is 0. The molecule has 1 aromatic heterocycles. The lowest BCUT2D eigenvalue weighted by atomic mass is 10.3. The van der Waals surface area contributed by atoms with Gasteiger partial charge in [-0.25, -0.2) is 0 Å². The Labute approximate surface area is 65.7 Å². The van der Waals surface area contributed by atoms with Crippen molar-refractivity contribution in [2.75, 3.05) is 0 Å². The largest absolute Gasteiger partial charge is 0.313 e. The van der Waals surface area contributed by atoms with Crippen LogP contribution in [0.5, 0.6) is 0 Å². The quantitative estimate of drug-likeness (QED) is 0.648. The predicted molar refractivity (Wildman–Crippen MR) is 43.4 cm³/mol. The van der Waals surface area contributed by atoms with Gasteiger partial charge in [0.25, 0.3) is 5.56 Å². The van der Waals surface area contributed by atoms with Gasteiger partial charge in [-0.15, -0.1) is 0 Å². The maximum atomic E-state index is 11.0. The van der Waals surface area contributed by atoms with Gasteiger partial charge in [0.1, 0.15) is 0 Å². The molecule has 0 saturated heterocycles. The molecule has 0 atom stereocenters. The van der Waals surface area contributed by atoms with Crippen LogP contribution in [0.4, 0.5) is 0 Å². The molecule has 0 amide bonds. The first kappa shape index (κ1) is 7.98. The molecule has 0 aromatic carbocycles.